The molecule has 0 spiro atoms. The van der Waals surface area contributed by atoms with E-state index in [-0.39, 0.29) is 13.2 Å². The molecule has 2 atom stereocenters. The van der Waals surface area contributed by atoms with Crippen LogP contribution >= 0.6 is 23.2 Å². The zero-order chi connectivity index (χ0) is 23.6. The van der Waals surface area contributed by atoms with Gasteiger partial charge in [0, 0.05) is 24.2 Å². The van der Waals surface area contributed by atoms with Crippen LogP contribution in [0.3, 0.4) is 0 Å². The van der Waals surface area contributed by atoms with Gasteiger partial charge in [-0.25, -0.2) is 0 Å². The highest BCUT2D eigenvalue weighted by atomic mass is 35.5. The molecule has 2 aromatic carbocycles. The molecule has 0 radical (unpaired) electrons. The van der Waals surface area contributed by atoms with Crippen molar-refractivity contribution in [3.8, 4) is 17.2 Å². The van der Waals surface area contributed by atoms with E-state index in [1.165, 1.54) is 0 Å². The average molecular weight is 499 g/mol. The summed E-state index contributed by atoms with van der Waals surface area (Å²) in [4.78, 5) is 2.22. The summed E-state index contributed by atoms with van der Waals surface area (Å²) in [5, 5.41) is 24.9. The first-order valence-electron chi connectivity index (χ1n) is 11.1. The van der Waals surface area contributed by atoms with E-state index in [4.69, 9.17) is 37.4 Å². The van der Waals surface area contributed by atoms with Crippen LogP contribution < -0.4 is 19.5 Å². The van der Waals surface area contributed by atoms with Gasteiger partial charge in [-0.15, -0.1) is 0 Å². The number of halogens is 2. The Labute approximate surface area is 205 Å². The summed E-state index contributed by atoms with van der Waals surface area (Å²) in [6.45, 7) is 3.14. The monoisotopic (exact) mass is 498 g/mol. The van der Waals surface area contributed by atoms with Gasteiger partial charge in [0.05, 0.1) is 12.1 Å². The van der Waals surface area contributed by atoms with E-state index in [0.717, 1.165) is 31.7 Å². The average Bonchev–Trinajstić information content (AvgIpc) is 2.82. The smallest absolute Gasteiger partial charge is 0.138 e. The second-order valence-electron chi connectivity index (χ2n) is 8.16. The van der Waals surface area contributed by atoms with E-state index in [1.807, 2.05) is 24.3 Å². The first-order chi connectivity index (χ1) is 15.9. The summed E-state index contributed by atoms with van der Waals surface area (Å²) >= 11 is 12.0. The Bertz CT molecular complexity index is 847. The van der Waals surface area contributed by atoms with Crippen LogP contribution in [0.25, 0.3) is 0 Å². The van der Waals surface area contributed by atoms with Gasteiger partial charge in [0.1, 0.15) is 42.7 Å². The molecule has 1 heterocycles. The lowest BCUT2D eigenvalue weighted by atomic mass is 10.0. The third kappa shape index (κ3) is 8.85. The van der Waals surface area contributed by atoms with Crippen molar-refractivity contribution in [2.24, 2.45) is 0 Å². The summed E-state index contributed by atoms with van der Waals surface area (Å²) in [7, 11) is 1.62. The minimum Gasteiger partial charge on any atom is -0.497 e. The van der Waals surface area contributed by atoms with Gasteiger partial charge in [0.15, 0.2) is 0 Å². The normalized spacial score (nSPS) is 16.9. The number of nitrogens with zero attached hydrogens (tertiary/aromatic N) is 1. The van der Waals surface area contributed by atoms with E-state index >= 15 is 0 Å². The first kappa shape index (κ1) is 25.9. The number of methoxy groups -OCH3 is 1. The van der Waals surface area contributed by atoms with Crippen molar-refractivity contribution in [2.45, 2.75) is 31.1 Å². The van der Waals surface area contributed by atoms with Gasteiger partial charge in [0.25, 0.3) is 0 Å². The third-order valence-corrected chi connectivity index (χ3v) is 6.06. The van der Waals surface area contributed by atoms with Crippen LogP contribution in [0.15, 0.2) is 42.5 Å². The summed E-state index contributed by atoms with van der Waals surface area (Å²) in [5.74, 6) is 1.98. The van der Waals surface area contributed by atoms with Crippen LogP contribution in [0.1, 0.15) is 12.8 Å². The number of rotatable bonds is 12. The van der Waals surface area contributed by atoms with E-state index < -0.39 is 12.2 Å². The second-order valence-corrected chi connectivity index (χ2v) is 9.01. The number of ether oxygens (including phenoxy) is 3. The molecule has 0 aromatic heterocycles. The Morgan fingerprint density at radius 2 is 1.64 bits per heavy atom. The minimum atomic E-state index is -0.613. The van der Waals surface area contributed by atoms with Crippen molar-refractivity contribution in [1.82, 2.24) is 10.2 Å². The molecule has 0 bridgehead atoms. The molecule has 0 unspecified atom stereocenters. The maximum atomic E-state index is 10.3. The first-order valence-corrected chi connectivity index (χ1v) is 11.8. The molecule has 0 amide bonds. The van der Waals surface area contributed by atoms with Gasteiger partial charge in [-0.05, 0) is 68.4 Å². The Morgan fingerprint density at radius 3 is 2.30 bits per heavy atom. The SMILES string of the molecule is COc1ccc(OC[C@@H](O)CNC2CCN(C[C@H](O)COc3ccc(Cl)cc3Cl)CC2)cc1. The number of aliphatic hydroxyl groups is 2. The summed E-state index contributed by atoms with van der Waals surface area (Å²) in [6, 6.07) is 12.6. The molecule has 1 fully saturated rings. The van der Waals surface area contributed by atoms with Gasteiger partial charge in [0.2, 0.25) is 0 Å². The summed E-state index contributed by atoms with van der Waals surface area (Å²) < 4.78 is 16.4. The van der Waals surface area contributed by atoms with Crippen LogP contribution in [-0.4, -0.2) is 79.9 Å². The fourth-order valence-corrected chi connectivity index (χ4v) is 4.14. The number of hydrogen-bond acceptors (Lipinski definition) is 7. The quantitative estimate of drug-likeness (QED) is 0.414. The van der Waals surface area contributed by atoms with Crippen molar-refractivity contribution in [3.63, 3.8) is 0 Å². The van der Waals surface area contributed by atoms with E-state index in [2.05, 4.69) is 10.2 Å². The van der Waals surface area contributed by atoms with E-state index in [1.54, 1.807) is 25.3 Å². The van der Waals surface area contributed by atoms with Crippen LogP contribution in [0.4, 0.5) is 0 Å². The minimum absolute atomic E-state index is 0.167. The van der Waals surface area contributed by atoms with Gasteiger partial charge < -0.3 is 34.6 Å². The number of piperidine rings is 1. The molecule has 182 valence electrons. The molecule has 3 rings (SSSR count). The Morgan fingerprint density at radius 1 is 0.970 bits per heavy atom. The second kappa shape index (κ2) is 13.2. The molecule has 1 aliphatic rings. The molecule has 1 aliphatic heterocycles. The molecule has 1 saturated heterocycles. The molecule has 0 aliphatic carbocycles. The molecular weight excluding hydrogens is 467 g/mol. The van der Waals surface area contributed by atoms with Crippen LogP contribution in [0, 0.1) is 0 Å². The topological polar surface area (TPSA) is 83.4 Å². The van der Waals surface area contributed by atoms with Crippen LogP contribution in [0.5, 0.6) is 17.2 Å². The summed E-state index contributed by atoms with van der Waals surface area (Å²) in [5.41, 5.74) is 0. The molecule has 9 heteroatoms. The zero-order valence-corrected chi connectivity index (χ0v) is 20.3. The lowest BCUT2D eigenvalue weighted by Gasteiger charge is -2.33. The molecule has 3 N–H and O–H groups in total. The molecular formula is C24H32Cl2N2O5. The van der Waals surface area contributed by atoms with Crippen molar-refractivity contribution in [2.75, 3.05) is 46.5 Å². The Hall–Kier alpha value is -1.74. The molecule has 33 heavy (non-hydrogen) atoms. The number of nitrogens with one attached hydrogen (secondary N) is 1. The lowest BCUT2D eigenvalue weighted by Crippen LogP contribution is -2.47. The van der Waals surface area contributed by atoms with Crippen molar-refractivity contribution in [3.05, 3.63) is 52.5 Å². The van der Waals surface area contributed by atoms with Gasteiger partial charge >= 0.3 is 0 Å². The highest BCUT2D eigenvalue weighted by Gasteiger charge is 2.22. The molecule has 0 saturated carbocycles. The Kier molecular flexibility index (Phi) is 10.4. The fraction of sp³-hybridized carbons (Fsp3) is 0.500. The van der Waals surface area contributed by atoms with Crippen LogP contribution in [-0.2, 0) is 0 Å². The molecule has 2 aromatic rings. The number of benzene rings is 2. The van der Waals surface area contributed by atoms with Crippen molar-refractivity contribution >= 4 is 23.2 Å². The van der Waals surface area contributed by atoms with Gasteiger partial charge in [-0.2, -0.15) is 0 Å². The zero-order valence-electron chi connectivity index (χ0n) is 18.8. The van der Waals surface area contributed by atoms with E-state index in [9.17, 15) is 10.2 Å². The largest absolute Gasteiger partial charge is 0.497 e. The predicted molar refractivity (Wildman–Crippen MR) is 130 cm³/mol. The Balaban J connectivity index is 1.28. The fourth-order valence-electron chi connectivity index (χ4n) is 3.67. The number of β-amino-alcohol motifs (C(OH)–C–C–N with tert-alkyl or cyclic N) is 1. The van der Waals surface area contributed by atoms with Crippen molar-refractivity contribution in [1.29, 1.82) is 0 Å². The molecule has 7 nitrogen and oxygen atoms in total. The van der Waals surface area contributed by atoms with E-state index in [0.29, 0.717) is 40.7 Å². The number of likely N-dealkylation sites (tertiary alicyclic amines) is 1. The van der Waals surface area contributed by atoms with Gasteiger partial charge in [-0.1, -0.05) is 23.2 Å². The predicted octanol–water partition coefficient (Wildman–Crippen LogP) is 3.24. The van der Waals surface area contributed by atoms with Crippen LogP contribution in [0.2, 0.25) is 10.0 Å². The highest BCUT2D eigenvalue weighted by Crippen LogP contribution is 2.27. The standard InChI is InChI=1S/C24H32Cl2N2O5/c1-31-21-3-5-22(6-4-21)32-15-19(29)13-27-18-8-10-28(11-9-18)14-20(30)16-33-24-7-2-17(25)12-23(24)26/h2-7,12,18-20,27,29-30H,8-11,13-16H2,1H3/t19-,20-/m0/s1. The lowest BCUT2D eigenvalue weighted by molar-refractivity contribution is 0.0556. The maximum Gasteiger partial charge on any atom is 0.138 e. The summed E-state index contributed by atoms with van der Waals surface area (Å²) in [6.07, 6.45) is 0.688. The highest BCUT2D eigenvalue weighted by molar-refractivity contribution is 6.35. The number of aliphatic hydroxyl groups excluding tert-OH is 2. The third-order valence-electron chi connectivity index (χ3n) is 5.53. The maximum absolute atomic E-state index is 10.3. The number of hydrogen-bond donors (Lipinski definition) is 3. The van der Waals surface area contributed by atoms with Gasteiger partial charge in [-0.3, -0.25) is 0 Å². The van der Waals surface area contributed by atoms with Crippen molar-refractivity contribution < 1.29 is 24.4 Å².